The first-order valence-corrected chi connectivity index (χ1v) is 17.9. The molecule has 0 saturated heterocycles. The molecule has 3 aliphatic carbocycles. The van der Waals surface area contributed by atoms with Crippen molar-refractivity contribution in [3.8, 4) is 0 Å². The average Bonchev–Trinajstić information content (AvgIpc) is 3.24. The molecule has 0 saturated carbocycles. The molecule has 6 rings (SSSR count). The van der Waals surface area contributed by atoms with Crippen LogP contribution >= 0.6 is 95.6 Å². The summed E-state index contributed by atoms with van der Waals surface area (Å²) in [5, 5.41) is 2.36. The Bertz CT molecular complexity index is 1820. The molecule has 0 unspecified atom stereocenters. The van der Waals surface area contributed by atoms with Gasteiger partial charge in [0.1, 0.15) is 6.47 Å². The molecule has 3 aromatic carbocycles. The number of allylic oxidation sites excluding steroid dienone is 4. The zero-order valence-electron chi connectivity index (χ0n) is 23.0. The molecule has 3 aromatic rings. The molecule has 0 nitrogen and oxygen atoms in total. The minimum Gasteiger partial charge on any atom is -0.0620 e. The standard InChI is InChI=1S/C34H28Br6/c1-31(2,3)17-11-13-19-22(15-17)29(35)30(36)28-26(25-20-9-7-8-10-23(20)33(37,38)27(19)25)21-14-12-18(32(4,5)6)16-24(21)34(28,39)40/h7-16H,1-6H3/b26-25-,27-19+,29-22+,30-28-,30-29?. The van der Waals surface area contributed by atoms with Gasteiger partial charge >= 0.3 is 0 Å². The summed E-state index contributed by atoms with van der Waals surface area (Å²) in [6, 6.07) is 22.6. The molecule has 0 heterocycles. The fraction of sp³-hybridized carbons (Fsp3) is 0.294. The maximum absolute atomic E-state index is 4.19. The van der Waals surface area contributed by atoms with Gasteiger partial charge in [0.2, 0.25) is 0 Å². The van der Waals surface area contributed by atoms with E-state index >= 15 is 0 Å². The van der Waals surface area contributed by atoms with E-state index in [4.69, 9.17) is 0 Å². The lowest BCUT2D eigenvalue weighted by atomic mass is 9.84. The average molecular weight is 916 g/mol. The first-order chi connectivity index (χ1) is 18.5. The molecule has 40 heavy (non-hydrogen) atoms. The Hall–Kier alpha value is -0.240. The SMILES string of the molecule is CC(C)(C)c1ccc2c(c1)C(Br)(Br)C1=C(Br)/C(Br)=c3/cc(C(C)(C)C)cc/c3=C3/C(=C\12)c1ccccc1C3(Br)Br. The zero-order valence-corrected chi connectivity index (χ0v) is 32.6. The fourth-order valence-electron chi connectivity index (χ4n) is 6.03. The third kappa shape index (κ3) is 4.31. The van der Waals surface area contributed by atoms with Crippen LogP contribution in [-0.2, 0) is 17.3 Å². The molecular formula is C34H28Br6. The molecule has 0 fully saturated rings. The molecule has 6 heteroatoms. The van der Waals surface area contributed by atoms with Crippen LogP contribution in [0.5, 0.6) is 0 Å². The van der Waals surface area contributed by atoms with E-state index in [0.717, 1.165) is 19.8 Å². The quantitative estimate of drug-likeness (QED) is 0.197. The molecule has 0 bridgehead atoms. The minimum atomic E-state index is -0.583. The molecule has 0 aliphatic heterocycles. The molecule has 0 N–H and O–H groups in total. The van der Waals surface area contributed by atoms with E-state index in [1.807, 2.05) is 0 Å². The van der Waals surface area contributed by atoms with Crippen LogP contribution in [0, 0.1) is 0 Å². The summed E-state index contributed by atoms with van der Waals surface area (Å²) in [5.74, 6) is 0. The van der Waals surface area contributed by atoms with E-state index in [0.29, 0.717) is 0 Å². The summed E-state index contributed by atoms with van der Waals surface area (Å²) < 4.78 is 0.934. The third-order valence-electron chi connectivity index (χ3n) is 8.21. The number of hydrogen-bond donors (Lipinski definition) is 0. The second kappa shape index (κ2) is 9.63. The Labute approximate surface area is 287 Å². The van der Waals surface area contributed by atoms with Crippen LogP contribution in [0.25, 0.3) is 21.2 Å². The molecule has 206 valence electrons. The molecule has 0 radical (unpaired) electrons. The number of halogens is 6. The number of fused-ring (bicyclic) bond motifs is 7. The van der Waals surface area contributed by atoms with E-state index in [9.17, 15) is 0 Å². The summed E-state index contributed by atoms with van der Waals surface area (Å²) in [6.07, 6.45) is 0. The van der Waals surface area contributed by atoms with Crippen LogP contribution < -0.4 is 10.4 Å². The number of rotatable bonds is 0. The van der Waals surface area contributed by atoms with Gasteiger partial charge in [-0.2, -0.15) is 0 Å². The third-order valence-corrected chi connectivity index (χ3v) is 13.7. The van der Waals surface area contributed by atoms with Crippen molar-refractivity contribution in [1.82, 2.24) is 0 Å². The highest BCUT2D eigenvalue weighted by Gasteiger charge is 2.51. The van der Waals surface area contributed by atoms with Gasteiger partial charge < -0.3 is 0 Å². The summed E-state index contributed by atoms with van der Waals surface area (Å²) in [5.41, 5.74) is 12.4. The largest absolute Gasteiger partial charge is 0.132 e. The van der Waals surface area contributed by atoms with Crippen LogP contribution in [0.2, 0.25) is 0 Å². The van der Waals surface area contributed by atoms with Crippen LogP contribution in [-0.4, -0.2) is 0 Å². The number of hydrogen-bond acceptors (Lipinski definition) is 0. The lowest BCUT2D eigenvalue weighted by molar-refractivity contribution is 0.589. The van der Waals surface area contributed by atoms with E-state index < -0.39 is 6.47 Å². The summed E-state index contributed by atoms with van der Waals surface area (Å²) in [4.78, 5) is 0. The second-order valence-electron chi connectivity index (χ2n) is 12.8. The minimum absolute atomic E-state index is 0.0128. The maximum atomic E-state index is 4.19. The van der Waals surface area contributed by atoms with Crippen LogP contribution in [0.4, 0.5) is 0 Å². The highest BCUT2D eigenvalue weighted by Crippen LogP contribution is 2.67. The van der Waals surface area contributed by atoms with Gasteiger partial charge in [0.25, 0.3) is 0 Å². The van der Waals surface area contributed by atoms with Crippen molar-refractivity contribution >= 4 is 117 Å². The van der Waals surface area contributed by atoms with Crippen molar-refractivity contribution in [2.75, 3.05) is 0 Å². The molecule has 3 aliphatic rings. The second-order valence-corrected chi connectivity index (χ2v) is 21.3. The maximum Gasteiger partial charge on any atom is 0.132 e. The molecule has 0 aromatic heterocycles. The predicted octanol–water partition coefficient (Wildman–Crippen LogP) is 11.1. The van der Waals surface area contributed by atoms with Crippen molar-refractivity contribution in [3.05, 3.63) is 115 Å². The Balaban J connectivity index is 1.90. The normalized spacial score (nSPS) is 25.4. The number of alkyl halides is 4. The summed E-state index contributed by atoms with van der Waals surface area (Å²) in [7, 11) is 0. The monoisotopic (exact) mass is 910 g/mol. The highest BCUT2D eigenvalue weighted by molar-refractivity contribution is 9.25. The van der Waals surface area contributed by atoms with Gasteiger partial charge in [0.05, 0.1) is 0 Å². The smallest absolute Gasteiger partial charge is 0.0620 e. The lowest BCUT2D eigenvalue weighted by Crippen LogP contribution is -2.34. The van der Waals surface area contributed by atoms with Gasteiger partial charge in [0, 0.05) is 20.1 Å². The van der Waals surface area contributed by atoms with E-state index in [2.05, 4.69) is 198 Å². The van der Waals surface area contributed by atoms with Gasteiger partial charge in [-0.05, 0) is 104 Å². The molecule has 0 spiro atoms. The van der Waals surface area contributed by atoms with Gasteiger partial charge in [-0.25, -0.2) is 0 Å². The van der Waals surface area contributed by atoms with Crippen molar-refractivity contribution in [3.63, 3.8) is 0 Å². The molecule has 0 amide bonds. The Morgan fingerprint density at radius 2 is 1.05 bits per heavy atom. The number of benzene rings is 3. The van der Waals surface area contributed by atoms with Gasteiger partial charge in [-0.1, -0.05) is 160 Å². The first kappa shape index (κ1) is 29.8. The topological polar surface area (TPSA) is 0 Å². The van der Waals surface area contributed by atoms with E-state index in [-0.39, 0.29) is 10.8 Å². The van der Waals surface area contributed by atoms with Crippen LogP contribution in [0.1, 0.15) is 74.9 Å². The highest BCUT2D eigenvalue weighted by atomic mass is 79.9. The molecule has 0 atom stereocenters. The van der Waals surface area contributed by atoms with Gasteiger partial charge in [-0.15, -0.1) is 0 Å². The lowest BCUT2D eigenvalue weighted by Gasteiger charge is -2.25. The molecular weight excluding hydrogens is 888 g/mol. The summed E-state index contributed by atoms with van der Waals surface area (Å²) in [6.45, 7) is 13.6. The Morgan fingerprint density at radius 3 is 1.70 bits per heavy atom. The van der Waals surface area contributed by atoms with Gasteiger partial charge in [0.15, 0.2) is 0 Å². The van der Waals surface area contributed by atoms with Crippen molar-refractivity contribution < 1.29 is 0 Å². The van der Waals surface area contributed by atoms with Crippen molar-refractivity contribution in [2.24, 2.45) is 0 Å². The van der Waals surface area contributed by atoms with E-state index in [1.54, 1.807) is 0 Å². The van der Waals surface area contributed by atoms with Gasteiger partial charge in [-0.3, -0.25) is 0 Å². The zero-order chi connectivity index (χ0) is 29.2. The van der Waals surface area contributed by atoms with Crippen LogP contribution in [0.15, 0.2) is 70.7 Å². The van der Waals surface area contributed by atoms with Crippen molar-refractivity contribution in [1.29, 1.82) is 0 Å². The summed E-state index contributed by atoms with van der Waals surface area (Å²) >= 11 is 24.9. The van der Waals surface area contributed by atoms with Crippen molar-refractivity contribution in [2.45, 2.75) is 58.8 Å². The Kier molecular flexibility index (Phi) is 7.18. The Morgan fingerprint density at radius 1 is 0.525 bits per heavy atom. The first-order valence-electron chi connectivity index (χ1n) is 13.2. The van der Waals surface area contributed by atoms with E-state index in [1.165, 1.54) is 55.3 Å². The predicted molar refractivity (Wildman–Crippen MR) is 194 cm³/mol. The van der Waals surface area contributed by atoms with Crippen LogP contribution in [0.3, 0.4) is 0 Å². The fourth-order valence-corrected chi connectivity index (χ4v) is 10.8.